The van der Waals surface area contributed by atoms with Gasteiger partial charge in [-0.3, -0.25) is 9.80 Å². The van der Waals surface area contributed by atoms with Crippen LogP contribution in [-0.4, -0.2) is 75.6 Å². The zero-order chi connectivity index (χ0) is 26.1. The molecule has 2 N–H and O–H groups in total. The van der Waals surface area contributed by atoms with E-state index in [0.717, 1.165) is 56.8 Å². The molecule has 0 saturated carbocycles. The maximum Gasteiger partial charge on any atom is 0.229 e. The number of piperidine rings is 1. The summed E-state index contributed by atoms with van der Waals surface area (Å²) in [6, 6.07) is 8.27. The summed E-state index contributed by atoms with van der Waals surface area (Å²) in [6.45, 7) is 14.9. The molecule has 3 heterocycles. The highest BCUT2D eigenvalue weighted by Crippen LogP contribution is 2.38. The molecule has 36 heavy (non-hydrogen) atoms. The first-order valence-corrected chi connectivity index (χ1v) is 13.5. The maximum absolute atomic E-state index is 14.6. The van der Waals surface area contributed by atoms with Gasteiger partial charge in [0.1, 0.15) is 5.50 Å². The molecule has 1 unspecified atom stereocenters. The van der Waals surface area contributed by atoms with Crippen LogP contribution in [0.15, 0.2) is 30.5 Å². The van der Waals surface area contributed by atoms with Gasteiger partial charge in [-0.15, -0.1) is 11.6 Å². The Labute approximate surface area is 220 Å². The van der Waals surface area contributed by atoms with E-state index in [4.69, 9.17) is 11.6 Å². The van der Waals surface area contributed by atoms with E-state index in [1.807, 2.05) is 12.1 Å². The van der Waals surface area contributed by atoms with Crippen molar-refractivity contribution in [1.82, 2.24) is 19.8 Å². The highest BCUT2D eigenvalue weighted by Gasteiger charge is 2.43. The summed E-state index contributed by atoms with van der Waals surface area (Å²) in [4.78, 5) is 15.7. The molecule has 2 aromatic rings. The van der Waals surface area contributed by atoms with Crippen LogP contribution in [0, 0.1) is 5.82 Å². The van der Waals surface area contributed by atoms with Gasteiger partial charge < -0.3 is 15.5 Å². The van der Waals surface area contributed by atoms with E-state index in [0.29, 0.717) is 5.95 Å². The van der Waals surface area contributed by atoms with Gasteiger partial charge in [0.15, 0.2) is 11.6 Å². The van der Waals surface area contributed by atoms with Gasteiger partial charge in [0.25, 0.3) is 0 Å². The van der Waals surface area contributed by atoms with Crippen molar-refractivity contribution in [2.75, 3.05) is 48.8 Å². The van der Waals surface area contributed by atoms with Crippen molar-refractivity contribution in [3.05, 3.63) is 36.3 Å². The van der Waals surface area contributed by atoms with Crippen molar-refractivity contribution in [2.24, 2.45) is 0 Å². The lowest BCUT2D eigenvalue weighted by molar-refractivity contribution is -0.00778. The molecule has 0 amide bonds. The first-order valence-electron chi connectivity index (χ1n) is 13.0. The van der Waals surface area contributed by atoms with Crippen molar-refractivity contribution >= 4 is 34.7 Å². The van der Waals surface area contributed by atoms with E-state index >= 15 is 0 Å². The molecule has 1 atom stereocenters. The molecule has 2 aliphatic rings. The quantitative estimate of drug-likeness (QED) is 0.370. The number of anilines is 4. The van der Waals surface area contributed by atoms with Crippen molar-refractivity contribution in [3.63, 3.8) is 0 Å². The number of likely N-dealkylation sites (tertiary alicyclic amines) is 1. The third-order valence-electron chi connectivity index (χ3n) is 7.82. The molecule has 1 aromatic heterocycles. The average molecular weight is 518 g/mol. The molecule has 0 radical (unpaired) electrons. The Bertz CT molecular complexity index is 1010. The fourth-order valence-electron chi connectivity index (χ4n) is 5.63. The van der Waals surface area contributed by atoms with E-state index in [-0.39, 0.29) is 28.4 Å². The molecule has 2 fully saturated rings. The van der Waals surface area contributed by atoms with Gasteiger partial charge in [0.05, 0.1) is 6.20 Å². The van der Waals surface area contributed by atoms with Gasteiger partial charge in [-0.1, -0.05) is 6.92 Å². The molecule has 0 aliphatic carbocycles. The standard InChI is InChI=1S/C27H41ClFN7/c1-7-12-35-13-14-36(18-23(35)28)21-10-8-19(9-11-21)32-25-30-17-22(29)24(33-25)31-20-15-26(2,3)34(6)27(4,5)16-20/h8-11,17,20,23H,7,12-16,18H2,1-6H3,(H2,30,31,32,33). The van der Waals surface area contributed by atoms with E-state index in [1.54, 1.807) is 0 Å². The normalized spacial score (nSPS) is 23.0. The third-order valence-corrected chi connectivity index (χ3v) is 8.23. The van der Waals surface area contributed by atoms with Crippen LogP contribution in [0.25, 0.3) is 0 Å². The van der Waals surface area contributed by atoms with Gasteiger partial charge >= 0.3 is 0 Å². The van der Waals surface area contributed by atoms with Crippen LogP contribution in [-0.2, 0) is 0 Å². The van der Waals surface area contributed by atoms with Crippen LogP contribution in [0.5, 0.6) is 0 Å². The molecular weight excluding hydrogens is 477 g/mol. The Hall–Kier alpha value is -2.16. The molecule has 2 aliphatic heterocycles. The minimum atomic E-state index is -0.441. The van der Waals surface area contributed by atoms with E-state index in [2.05, 4.69) is 89.1 Å². The lowest BCUT2D eigenvalue weighted by Gasteiger charge is -2.53. The Morgan fingerprint density at radius 3 is 2.36 bits per heavy atom. The second-order valence-electron chi connectivity index (χ2n) is 11.4. The summed E-state index contributed by atoms with van der Waals surface area (Å²) in [5.41, 5.74) is 2.01. The number of halogens is 2. The molecule has 198 valence electrons. The van der Waals surface area contributed by atoms with Gasteiger partial charge in [0.2, 0.25) is 5.95 Å². The first kappa shape index (κ1) is 26.9. The number of nitrogens with zero attached hydrogens (tertiary/aromatic N) is 5. The van der Waals surface area contributed by atoms with Crippen molar-refractivity contribution in [1.29, 1.82) is 0 Å². The van der Waals surface area contributed by atoms with Crippen LogP contribution < -0.4 is 15.5 Å². The van der Waals surface area contributed by atoms with Crippen molar-refractivity contribution in [2.45, 2.75) is 76.5 Å². The van der Waals surface area contributed by atoms with Gasteiger partial charge in [-0.2, -0.15) is 4.98 Å². The summed E-state index contributed by atoms with van der Waals surface area (Å²) in [5.74, 6) is 0.166. The first-order chi connectivity index (χ1) is 17.0. The third kappa shape index (κ3) is 6.03. The number of nitrogens with one attached hydrogen (secondary N) is 2. The number of hydrogen-bond donors (Lipinski definition) is 2. The van der Waals surface area contributed by atoms with Gasteiger partial charge in [-0.05, 0) is 84.8 Å². The molecule has 1 aromatic carbocycles. The summed E-state index contributed by atoms with van der Waals surface area (Å²) >= 11 is 6.60. The molecule has 7 nitrogen and oxygen atoms in total. The zero-order valence-corrected chi connectivity index (χ0v) is 23.2. The monoisotopic (exact) mass is 517 g/mol. The molecule has 4 rings (SSSR count). The minimum Gasteiger partial charge on any atom is -0.367 e. The number of rotatable bonds is 7. The summed E-state index contributed by atoms with van der Waals surface area (Å²) < 4.78 is 14.6. The Kier molecular flexibility index (Phi) is 7.98. The van der Waals surface area contributed by atoms with Crippen LogP contribution >= 0.6 is 11.6 Å². The van der Waals surface area contributed by atoms with Crippen LogP contribution in [0.3, 0.4) is 0 Å². The Balaban J connectivity index is 1.40. The Morgan fingerprint density at radius 1 is 1.08 bits per heavy atom. The SMILES string of the molecule is CCCN1CCN(c2ccc(Nc3ncc(F)c(NC4CC(C)(C)N(C)C(C)(C)C4)n3)cc2)CC1Cl. The highest BCUT2D eigenvalue weighted by molar-refractivity contribution is 6.20. The molecule has 9 heteroatoms. The molecule has 0 bridgehead atoms. The number of aromatic nitrogens is 2. The molecule has 0 spiro atoms. The summed E-state index contributed by atoms with van der Waals surface area (Å²) in [5, 5.41) is 6.58. The van der Waals surface area contributed by atoms with Crippen LogP contribution in [0.1, 0.15) is 53.9 Å². The topological polar surface area (TPSA) is 59.6 Å². The van der Waals surface area contributed by atoms with Crippen molar-refractivity contribution < 1.29 is 4.39 Å². The molecular formula is C27H41ClFN7. The van der Waals surface area contributed by atoms with Crippen molar-refractivity contribution in [3.8, 4) is 0 Å². The van der Waals surface area contributed by atoms with Gasteiger partial charge in [0, 0.05) is 48.1 Å². The molecule has 2 saturated heterocycles. The summed E-state index contributed by atoms with van der Waals surface area (Å²) in [7, 11) is 2.16. The lowest BCUT2D eigenvalue weighted by Crippen LogP contribution is -2.61. The highest BCUT2D eigenvalue weighted by atomic mass is 35.5. The number of alkyl halides is 1. The van der Waals surface area contributed by atoms with E-state index in [1.165, 1.54) is 6.20 Å². The largest absolute Gasteiger partial charge is 0.367 e. The number of hydrogen-bond acceptors (Lipinski definition) is 7. The predicted octanol–water partition coefficient (Wildman–Crippen LogP) is 5.52. The predicted molar refractivity (Wildman–Crippen MR) is 148 cm³/mol. The summed E-state index contributed by atoms with van der Waals surface area (Å²) in [6.07, 6.45) is 4.14. The van der Waals surface area contributed by atoms with Crippen LogP contribution in [0.4, 0.5) is 27.5 Å². The van der Waals surface area contributed by atoms with Crippen LogP contribution in [0.2, 0.25) is 0 Å². The smallest absolute Gasteiger partial charge is 0.229 e. The average Bonchev–Trinajstić information content (AvgIpc) is 2.81. The maximum atomic E-state index is 14.6. The fourth-order valence-corrected chi connectivity index (χ4v) is 5.99. The minimum absolute atomic E-state index is 0.00211. The number of benzene rings is 1. The lowest BCUT2D eigenvalue weighted by atomic mass is 9.77. The fraction of sp³-hybridized carbons (Fsp3) is 0.630. The second kappa shape index (κ2) is 10.7. The second-order valence-corrected chi connectivity index (χ2v) is 11.9. The van der Waals surface area contributed by atoms with E-state index in [9.17, 15) is 4.39 Å². The Morgan fingerprint density at radius 2 is 1.75 bits per heavy atom. The van der Waals surface area contributed by atoms with Gasteiger partial charge in [-0.25, -0.2) is 9.37 Å². The zero-order valence-electron chi connectivity index (χ0n) is 22.5. The number of piperazine rings is 1. The van der Waals surface area contributed by atoms with E-state index < -0.39 is 5.82 Å².